The fourth-order valence-corrected chi connectivity index (χ4v) is 2.87. The van der Waals surface area contributed by atoms with Crippen LogP contribution in [0.15, 0.2) is 4.99 Å². The molecule has 1 saturated carbocycles. The average Bonchev–Trinajstić information content (AvgIpc) is 2.31. The van der Waals surface area contributed by atoms with E-state index in [0.717, 1.165) is 0 Å². The number of rotatable bonds is 0. The van der Waals surface area contributed by atoms with Crippen molar-refractivity contribution in [3.05, 3.63) is 0 Å². The average molecular weight is 231 g/mol. The lowest BCUT2D eigenvalue weighted by Gasteiger charge is -2.32. The molecule has 1 fully saturated rings. The van der Waals surface area contributed by atoms with Crippen LogP contribution in [0.4, 0.5) is 0 Å². The van der Waals surface area contributed by atoms with Crippen LogP contribution in [0.2, 0.25) is 0 Å². The summed E-state index contributed by atoms with van der Waals surface area (Å²) in [5.41, 5.74) is 0. The van der Waals surface area contributed by atoms with E-state index in [1.54, 1.807) is 0 Å². The molecule has 3 unspecified atom stereocenters. The van der Waals surface area contributed by atoms with Gasteiger partial charge in [0, 0.05) is 11.9 Å². The highest BCUT2D eigenvalue weighted by Gasteiger charge is 2.36. The number of amidine groups is 1. The molecule has 3 atom stereocenters. The topological polar surface area (TPSA) is 15.6 Å². The summed E-state index contributed by atoms with van der Waals surface area (Å²) in [5, 5.41) is 0. The van der Waals surface area contributed by atoms with Gasteiger partial charge in [0.25, 0.3) is 0 Å². The van der Waals surface area contributed by atoms with Gasteiger partial charge in [-0.3, -0.25) is 4.99 Å². The molecule has 0 spiro atoms. The highest BCUT2D eigenvalue weighted by Crippen LogP contribution is 2.32. The molecule has 0 aromatic carbocycles. The van der Waals surface area contributed by atoms with Crippen molar-refractivity contribution in [2.24, 2.45) is 4.99 Å². The number of alkyl halides is 1. The summed E-state index contributed by atoms with van der Waals surface area (Å²) in [4.78, 5) is 7.69. The Hall–Kier alpha value is -0.0500. The largest absolute Gasteiger partial charge is 0.358 e. The minimum absolute atomic E-state index is 0.587. The van der Waals surface area contributed by atoms with Gasteiger partial charge in [0.1, 0.15) is 0 Å². The Morgan fingerprint density at radius 3 is 3.00 bits per heavy atom. The van der Waals surface area contributed by atoms with Gasteiger partial charge >= 0.3 is 0 Å². The lowest BCUT2D eigenvalue weighted by Crippen LogP contribution is -2.40. The van der Waals surface area contributed by atoms with Gasteiger partial charge in [0.2, 0.25) is 0 Å². The van der Waals surface area contributed by atoms with Gasteiger partial charge in [0.05, 0.1) is 17.9 Å². The van der Waals surface area contributed by atoms with Crippen LogP contribution in [-0.2, 0) is 0 Å². The highest BCUT2D eigenvalue weighted by molar-refractivity contribution is 9.09. The predicted molar refractivity (Wildman–Crippen MR) is 55.0 cm³/mol. The van der Waals surface area contributed by atoms with Crippen LogP contribution in [-0.4, -0.2) is 34.7 Å². The van der Waals surface area contributed by atoms with E-state index >= 15 is 0 Å². The fraction of sp³-hybridized carbons (Fsp3) is 0.889. The van der Waals surface area contributed by atoms with Crippen molar-refractivity contribution >= 4 is 21.8 Å². The SMILES string of the molecule is CC1=NC2CCC(Br)CC2N1C. The van der Waals surface area contributed by atoms with Gasteiger partial charge in [0.15, 0.2) is 0 Å². The third-order valence-electron chi connectivity index (χ3n) is 3.08. The molecule has 2 nitrogen and oxygen atoms in total. The summed E-state index contributed by atoms with van der Waals surface area (Å²) in [6, 6.07) is 1.26. The molecule has 68 valence electrons. The second-order valence-electron chi connectivity index (χ2n) is 3.83. The van der Waals surface area contributed by atoms with Gasteiger partial charge in [-0.2, -0.15) is 0 Å². The standard InChI is InChI=1S/C9H15BrN2/c1-6-11-8-4-3-7(10)5-9(8)12(6)2/h7-9H,3-5H2,1-2H3. The molecular weight excluding hydrogens is 216 g/mol. The van der Waals surface area contributed by atoms with E-state index in [4.69, 9.17) is 0 Å². The summed E-state index contributed by atoms with van der Waals surface area (Å²) in [5.74, 6) is 1.21. The Kier molecular flexibility index (Phi) is 2.15. The Bertz CT molecular complexity index is 215. The van der Waals surface area contributed by atoms with E-state index in [9.17, 15) is 0 Å². The zero-order chi connectivity index (χ0) is 8.72. The van der Waals surface area contributed by atoms with Crippen molar-refractivity contribution in [3.8, 4) is 0 Å². The maximum Gasteiger partial charge on any atom is 0.0962 e. The molecule has 0 saturated heterocycles. The molecule has 0 bridgehead atoms. The van der Waals surface area contributed by atoms with E-state index in [0.29, 0.717) is 16.9 Å². The van der Waals surface area contributed by atoms with E-state index in [2.05, 4.69) is 39.8 Å². The number of fused-ring (bicyclic) bond motifs is 1. The molecule has 3 heteroatoms. The lowest BCUT2D eigenvalue weighted by molar-refractivity contribution is 0.282. The quantitative estimate of drug-likeness (QED) is 0.582. The Labute approximate surface area is 82.2 Å². The first-order chi connectivity index (χ1) is 5.68. The predicted octanol–water partition coefficient (Wildman–Crippen LogP) is 2.03. The summed E-state index contributed by atoms with van der Waals surface area (Å²) in [7, 11) is 2.16. The van der Waals surface area contributed by atoms with Crippen LogP contribution in [0.1, 0.15) is 26.2 Å². The van der Waals surface area contributed by atoms with Gasteiger partial charge in [-0.1, -0.05) is 15.9 Å². The lowest BCUT2D eigenvalue weighted by atomic mass is 9.91. The minimum Gasteiger partial charge on any atom is -0.358 e. The normalized spacial score (nSPS) is 41.1. The van der Waals surface area contributed by atoms with Crippen molar-refractivity contribution in [1.82, 2.24) is 4.90 Å². The molecule has 1 aliphatic carbocycles. The molecule has 12 heavy (non-hydrogen) atoms. The zero-order valence-electron chi connectivity index (χ0n) is 7.63. The Morgan fingerprint density at radius 2 is 2.25 bits per heavy atom. The summed E-state index contributed by atoms with van der Waals surface area (Å²) < 4.78 is 0. The van der Waals surface area contributed by atoms with Gasteiger partial charge in [-0.15, -0.1) is 0 Å². The monoisotopic (exact) mass is 230 g/mol. The summed E-state index contributed by atoms with van der Waals surface area (Å²) in [6.45, 7) is 2.11. The third kappa shape index (κ3) is 1.28. The molecule has 2 rings (SSSR count). The van der Waals surface area contributed by atoms with E-state index in [-0.39, 0.29) is 0 Å². The minimum atomic E-state index is 0.587. The summed E-state index contributed by atoms with van der Waals surface area (Å²) >= 11 is 3.69. The van der Waals surface area contributed by atoms with Crippen LogP contribution in [0.25, 0.3) is 0 Å². The highest BCUT2D eigenvalue weighted by atomic mass is 79.9. The van der Waals surface area contributed by atoms with Gasteiger partial charge in [-0.25, -0.2) is 0 Å². The van der Waals surface area contributed by atoms with Gasteiger partial charge < -0.3 is 4.90 Å². The zero-order valence-corrected chi connectivity index (χ0v) is 9.21. The first-order valence-corrected chi connectivity index (χ1v) is 5.51. The molecular formula is C9H15BrN2. The molecule has 0 N–H and O–H groups in total. The van der Waals surface area contributed by atoms with E-state index in [1.165, 1.54) is 25.1 Å². The second kappa shape index (κ2) is 3.02. The first kappa shape index (κ1) is 8.54. The molecule has 0 aromatic rings. The van der Waals surface area contributed by atoms with Crippen molar-refractivity contribution in [2.75, 3.05) is 7.05 Å². The molecule has 2 aliphatic rings. The smallest absolute Gasteiger partial charge is 0.0962 e. The van der Waals surface area contributed by atoms with Crippen LogP contribution in [0.5, 0.6) is 0 Å². The van der Waals surface area contributed by atoms with Crippen LogP contribution in [0, 0.1) is 0 Å². The van der Waals surface area contributed by atoms with Crippen LogP contribution >= 0.6 is 15.9 Å². The maximum absolute atomic E-state index is 4.65. The number of hydrogen-bond acceptors (Lipinski definition) is 2. The van der Waals surface area contributed by atoms with Crippen molar-refractivity contribution in [2.45, 2.75) is 43.1 Å². The molecule has 1 heterocycles. The number of hydrogen-bond donors (Lipinski definition) is 0. The molecule has 0 radical (unpaired) electrons. The Morgan fingerprint density at radius 1 is 1.50 bits per heavy atom. The van der Waals surface area contributed by atoms with Gasteiger partial charge in [-0.05, 0) is 26.2 Å². The maximum atomic E-state index is 4.65. The van der Waals surface area contributed by atoms with Crippen LogP contribution in [0.3, 0.4) is 0 Å². The van der Waals surface area contributed by atoms with Crippen molar-refractivity contribution in [3.63, 3.8) is 0 Å². The fourth-order valence-electron chi connectivity index (χ4n) is 2.22. The third-order valence-corrected chi connectivity index (χ3v) is 3.91. The number of likely N-dealkylation sites (N-methyl/N-ethyl adjacent to an activating group) is 1. The Balaban J connectivity index is 2.11. The number of nitrogens with zero attached hydrogens (tertiary/aromatic N) is 2. The van der Waals surface area contributed by atoms with E-state index < -0.39 is 0 Å². The number of aliphatic imine (C=N–C) groups is 1. The number of halogens is 1. The molecule has 0 amide bonds. The van der Waals surface area contributed by atoms with Crippen molar-refractivity contribution < 1.29 is 0 Å². The molecule has 1 aliphatic heterocycles. The summed E-state index contributed by atoms with van der Waals surface area (Å²) in [6.07, 6.45) is 3.79. The second-order valence-corrected chi connectivity index (χ2v) is 5.13. The van der Waals surface area contributed by atoms with Crippen LogP contribution < -0.4 is 0 Å². The molecule has 0 aromatic heterocycles. The van der Waals surface area contributed by atoms with E-state index in [1.807, 2.05) is 0 Å². The first-order valence-electron chi connectivity index (χ1n) is 4.60. The van der Waals surface area contributed by atoms with Crippen molar-refractivity contribution in [1.29, 1.82) is 0 Å².